The number of likely N-dealkylation sites (N-methyl/N-ethyl adjacent to an activating group) is 1. The number of aliphatic hydroxyl groups excluding tert-OH is 2. The van der Waals surface area contributed by atoms with E-state index >= 15 is 0 Å². The third kappa shape index (κ3) is 8.63. The van der Waals surface area contributed by atoms with Crippen LogP contribution in [0.1, 0.15) is 94.4 Å². The monoisotopic (exact) mass is 699 g/mol. The second-order valence-corrected chi connectivity index (χ2v) is 16.2. The molecule has 13 nitrogen and oxygen atoms in total. The second-order valence-electron chi connectivity index (χ2n) is 16.2. The first-order valence-electron chi connectivity index (χ1n) is 18.4. The van der Waals surface area contributed by atoms with Gasteiger partial charge in [0.25, 0.3) is 0 Å². The minimum Gasteiger partial charge on any atom is -0.459 e. The number of amides is 1. The number of fused-ring (bicyclic) bond motifs is 3. The van der Waals surface area contributed by atoms with Crippen LogP contribution in [0.3, 0.4) is 0 Å². The Morgan fingerprint density at radius 3 is 2.31 bits per heavy atom. The van der Waals surface area contributed by atoms with Gasteiger partial charge in [-0.05, 0) is 80.4 Å². The van der Waals surface area contributed by atoms with Gasteiger partial charge in [0.05, 0.1) is 29.8 Å². The van der Waals surface area contributed by atoms with Crippen molar-refractivity contribution in [2.75, 3.05) is 33.7 Å². The van der Waals surface area contributed by atoms with Crippen molar-refractivity contribution < 1.29 is 48.6 Å². The molecule has 0 radical (unpaired) electrons. The number of esters is 1. The number of hydrogen-bond acceptors (Lipinski definition) is 12. The predicted octanol–water partition coefficient (Wildman–Crippen LogP) is 2.03. The fourth-order valence-corrected chi connectivity index (χ4v) is 8.71. The number of aliphatic hydroxyl groups is 3. The van der Waals surface area contributed by atoms with Crippen molar-refractivity contribution in [3.63, 3.8) is 0 Å². The highest BCUT2D eigenvalue weighted by molar-refractivity contribution is 5.73. The lowest BCUT2D eigenvalue weighted by Gasteiger charge is -2.49. The van der Waals surface area contributed by atoms with Gasteiger partial charge in [0.15, 0.2) is 12.1 Å². The summed E-state index contributed by atoms with van der Waals surface area (Å²) in [5.41, 5.74) is -2.73. The van der Waals surface area contributed by atoms with Gasteiger partial charge >= 0.3 is 5.97 Å². The number of carbonyl (C=O) groups is 2. The summed E-state index contributed by atoms with van der Waals surface area (Å²) in [6.07, 6.45) is -3.55. The zero-order valence-corrected chi connectivity index (χ0v) is 31.7. The Morgan fingerprint density at radius 2 is 1.73 bits per heavy atom. The van der Waals surface area contributed by atoms with E-state index in [4.69, 9.17) is 23.7 Å². The smallest absolute Gasteiger partial charge is 0.311 e. The first kappa shape index (κ1) is 40.4. The maximum atomic E-state index is 14.1. The zero-order valence-electron chi connectivity index (χ0n) is 31.7. The summed E-state index contributed by atoms with van der Waals surface area (Å²) in [7, 11) is 3.86. The van der Waals surface area contributed by atoms with Crippen LogP contribution in [0.4, 0.5) is 0 Å². The van der Waals surface area contributed by atoms with Crippen LogP contribution in [0.15, 0.2) is 0 Å². The lowest BCUT2D eigenvalue weighted by molar-refractivity contribution is -0.331. The summed E-state index contributed by atoms with van der Waals surface area (Å²) in [6, 6.07) is -0.714. The lowest BCUT2D eigenvalue weighted by Crippen LogP contribution is -2.60. The molecule has 4 saturated heterocycles. The molecule has 4 N–H and O–H groups in total. The van der Waals surface area contributed by atoms with Gasteiger partial charge in [0.2, 0.25) is 5.91 Å². The zero-order chi connectivity index (χ0) is 36.6. The van der Waals surface area contributed by atoms with Gasteiger partial charge in [-0.25, -0.2) is 0 Å². The van der Waals surface area contributed by atoms with Crippen LogP contribution >= 0.6 is 0 Å². The molecule has 0 aromatic rings. The molecule has 0 saturated carbocycles. The fraction of sp³-hybridized carbons (Fsp3) is 0.944. The number of rotatable bonds is 4. The molecule has 4 heterocycles. The van der Waals surface area contributed by atoms with Crippen LogP contribution in [0.5, 0.6) is 0 Å². The molecule has 14 atom stereocenters. The van der Waals surface area contributed by atoms with Crippen LogP contribution in [-0.2, 0) is 33.3 Å². The topological polar surface area (TPSA) is 159 Å². The molecule has 4 aliphatic rings. The van der Waals surface area contributed by atoms with Gasteiger partial charge in [-0.1, -0.05) is 20.8 Å². The highest BCUT2D eigenvalue weighted by atomic mass is 16.7. The minimum atomic E-state index is -1.73. The summed E-state index contributed by atoms with van der Waals surface area (Å²) in [4.78, 5) is 30.2. The van der Waals surface area contributed by atoms with Crippen molar-refractivity contribution in [1.82, 2.24) is 15.1 Å². The first-order valence-corrected chi connectivity index (χ1v) is 18.4. The normalized spacial score (nSPS) is 45.8. The number of likely N-dealkylation sites (tertiary alicyclic amines) is 1. The molecule has 0 aliphatic carbocycles. The Balaban J connectivity index is 1.83. The maximum Gasteiger partial charge on any atom is 0.311 e. The molecule has 4 rings (SSSR count). The van der Waals surface area contributed by atoms with Crippen LogP contribution in [0.25, 0.3) is 0 Å². The van der Waals surface area contributed by atoms with Crippen molar-refractivity contribution in [2.24, 2.45) is 17.8 Å². The first-order chi connectivity index (χ1) is 22.7. The molecule has 4 aliphatic heterocycles. The summed E-state index contributed by atoms with van der Waals surface area (Å²) < 4.78 is 33.5. The third-order valence-electron chi connectivity index (χ3n) is 11.7. The quantitative estimate of drug-likeness (QED) is 0.317. The number of carbonyl (C=O) groups excluding carboxylic acids is 2. The van der Waals surface area contributed by atoms with Gasteiger partial charge in [-0.3, -0.25) is 9.59 Å². The van der Waals surface area contributed by atoms with E-state index in [0.717, 1.165) is 0 Å². The van der Waals surface area contributed by atoms with Crippen LogP contribution in [0.2, 0.25) is 0 Å². The number of hydrogen-bond donors (Lipinski definition) is 4. The Labute approximate surface area is 293 Å². The molecule has 0 aromatic carbocycles. The standard InChI is InChI=1S/C36H65N3O10/c1-12-27-35(9,44)30(42)24(6)37-19-20(2)18-34(8)31(47-33-28(41)26(38(10)11)17-21(3)45-33)22(4)29(23(5)32(43)46-27)48-36(49-34)13-15-39(16-14-36)25(7)40/h20-24,26-31,33,37,41-42,44H,12-19H2,1-11H3/t20-,21-,22+,23-,24-,26+,27-,28-,29+,30-,31-,33+,34-,35-/m1/s1. The molecular weight excluding hydrogens is 634 g/mol. The fourth-order valence-electron chi connectivity index (χ4n) is 8.71. The summed E-state index contributed by atoms with van der Waals surface area (Å²) in [6.45, 7) is 17.8. The van der Waals surface area contributed by atoms with E-state index in [1.165, 1.54) is 6.92 Å². The average molecular weight is 700 g/mol. The largest absolute Gasteiger partial charge is 0.459 e. The number of piperidine rings is 1. The van der Waals surface area contributed by atoms with Crippen LogP contribution in [0, 0.1) is 17.8 Å². The molecule has 4 fully saturated rings. The van der Waals surface area contributed by atoms with E-state index in [1.54, 1.807) is 32.6 Å². The Bertz CT molecular complexity index is 1130. The van der Waals surface area contributed by atoms with E-state index in [-0.39, 0.29) is 30.4 Å². The van der Waals surface area contributed by atoms with Crippen molar-refractivity contribution in [1.29, 1.82) is 0 Å². The molecule has 1 spiro atoms. The van der Waals surface area contributed by atoms with Gasteiger partial charge in [-0.2, -0.15) is 0 Å². The van der Waals surface area contributed by atoms with Crippen molar-refractivity contribution in [2.45, 2.75) is 166 Å². The van der Waals surface area contributed by atoms with E-state index in [1.807, 2.05) is 39.8 Å². The summed E-state index contributed by atoms with van der Waals surface area (Å²) >= 11 is 0. The number of cyclic esters (lactones) is 1. The summed E-state index contributed by atoms with van der Waals surface area (Å²) in [5.74, 6) is -3.04. The molecule has 0 unspecified atom stereocenters. The average Bonchev–Trinajstić information content (AvgIpc) is 3.10. The van der Waals surface area contributed by atoms with E-state index in [0.29, 0.717) is 45.3 Å². The minimum absolute atomic E-state index is 0.0122. The Kier molecular flexibility index (Phi) is 12.9. The molecule has 2 bridgehead atoms. The number of nitrogens with one attached hydrogen (secondary N) is 1. The number of nitrogens with zero attached hydrogens (tertiary/aromatic N) is 2. The van der Waals surface area contributed by atoms with Gasteiger partial charge in [0.1, 0.15) is 23.9 Å². The van der Waals surface area contributed by atoms with Crippen molar-refractivity contribution in [3.8, 4) is 0 Å². The van der Waals surface area contributed by atoms with Gasteiger partial charge in [-0.15, -0.1) is 0 Å². The van der Waals surface area contributed by atoms with Crippen LogP contribution in [-0.4, -0.2) is 143 Å². The van der Waals surface area contributed by atoms with E-state index in [9.17, 15) is 24.9 Å². The lowest BCUT2D eigenvalue weighted by atomic mass is 9.78. The van der Waals surface area contributed by atoms with E-state index < -0.39 is 77.6 Å². The highest BCUT2D eigenvalue weighted by Gasteiger charge is 2.58. The van der Waals surface area contributed by atoms with Crippen LogP contribution < -0.4 is 5.32 Å². The Morgan fingerprint density at radius 1 is 1.10 bits per heavy atom. The molecule has 49 heavy (non-hydrogen) atoms. The SMILES string of the molecule is CC[C@H]1OC(=O)[C@H](C)[C@H]2OC3(CCN(C(C)=O)CC3)O[C@](C)(C[C@@H](C)CN[C@H](C)[C@@H](O)[C@]1(C)O)[C@H](O[C@@H]1O[C@H](C)C[C@H](N(C)C)[C@H]1O)[C@H]2C. The predicted molar refractivity (Wildman–Crippen MR) is 182 cm³/mol. The summed E-state index contributed by atoms with van der Waals surface area (Å²) in [5, 5.41) is 37.8. The second kappa shape index (κ2) is 15.7. The molecule has 0 aromatic heterocycles. The van der Waals surface area contributed by atoms with Crippen molar-refractivity contribution >= 4 is 11.9 Å². The highest BCUT2D eigenvalue weighted by Crippen LogP contribution is 2.47. The van der Waals surface area contributed by atoms with Gasteiger partial charge in [0, 0.05) is 50.9 Å². The van der Waals surface area contributed by atoms with E-state index in [2.05, 4.69) is 12.2 Å². The molecular formula is C36H65N3O10. The Hall–Kier alpha value is -1.42. The molecule has 13 heteroatoms. The van der Waals surface area contributed by atoms with Crippen molar-refractivity contribution in [3.05, 3.63) is 0 Å². The van der Waals surface area contributed by atoms with Gasteiger partial charge < -0.3 is 54.1 Å². The number of ether oxygens (including phenoxy) is 5. The maximum absolute atomic E-state index is 14.1. The third-order valence-corrected chi connectivity index (χ3v) is 11.7. The molecule has 1 amide bonds. The molecule has 284 valence electrons.